The number of carbonyl (C=O) groups is 1. The van der Waals surface area contributed by atoms with Crippen LogP contribution in [-0.2, 0) is 4.79 Å². The Bertz CT molecular complexity index is 526. The van der Waals surface area contributed by atoms with Crippen LogP contribution in [0.3, 0.4) is 0 Å². The number of hydrogen-bond acceptors (Lipinski definition) is 3. The molecule has 1 N–H and O–H groups in total. The minimum Gasteiger partial charge on any atom is -0.318 e. The highest BCUT2D eigenvalue weighted by Gasteiger charge is 2.45. The molecule has 0 aromatic heterocycles. The Morgan fingerprint density at radius 1 is 1.29 bits per heavy atom. The van der Waals surface area contributed by atoms with Crippen LogP contribution in [0.5, 0.6) is 0 Å². The van der Waals surface area contributed by atoms with E-state index in [9.17, 15) is 4.79 Å². The number of carbonyl (C=O) groups excluding carboxylic acids is 1. The average molecular weight is 304 g/mol. The van der Waals surface area contributed by atoms with E-state index in [4.69, 9.17) is 0 Å². The fraction of sp³-hybridized carbons (Fsp3) is 0.588. The molecule has 1 amide bonds. The van der Waals surface area contributed by atoms with Gasteiger partial charge in [0.15, 0.2) is 0 Å². The standard InChI is InChI=1S/C17H24N2OS/c1-17(2)10-4-5-14(17)19-15(20)11-18-16(19)12-6-8-13(21-3)9-7-12/h6-9,14,16,18H,4-5,10-11H2,1-3H3. The second-order valence-electron chi connectivity index (χ2n) is 6.75. The Hall–Kier alpha value is -1.00. The van der Waals surface area contributed by atoms with E-state index in [1.165, 1.54) is 23.3 Å². The monoisotopic (exact) mass is 304 g/mol. The van der Waals surface area contributed by atoms with Gasteiger partial charge < -0.3 is 4.90 Å². The van der Waals surface area contributed by atoms with Gasteiger partial charge in [0.25, 0.3) is 0 Å². The highest BCUT2D eigenvalue weighted by molar-refractivity contribution is 7.98. The summed E-state index contributed by atoms with van der Waals surface area (Å²) in [6.07, 6.45) is 5.68. The van der Waals surface area contributed by atoms with Crippen LogP contribution >= 0.6 is 11.8 Å². The zero-order chi connectivity index (χ0) is 15.0. The summed E-state index contributed by atoms with van der Waals surface area (Å²) in [6, 6.07) is 8.93. The molecular formula is C17H24N2OS. The Labute approximate surface area is 131 Å². The zero-order valence-corrected chi connectivity index (χ0v) is 13.9. The zero-order valence-electron chi connectivity index (χ0n) is 13.1. The molecule has 2 unspecified atom stereocenters. The second-order valence-corrected chi connectivity index (χ2v) is 7.63. The molecule has 1 aromatic rings. The fourth-order valence-electron chi connectivity index (χ4n) is 3.76. The summed E-state index contributed by atoms with van der Waals surface area (Å²) in [5.41, 5.74) is 1.42. The molecule has 1 aliphatic heterocycles. The van der Waals surface area contributed by atoms with Crippen molar-refractivity contribution in [2.24, 2.45) is 5.41 Å². The molecule has 1 heterocycles. The first-order valence-electron chi connectivity index (χ1n) is 7.71. The fourth-order valence-corrected chi connectivity index (χ4v) is 4.17. The molecule has 1 saturated heterocycles. The van der Waals surface area contributed by atoms with Crippen molar-refractivity contribution < 1.29 is 4.79 Å². The van der Waals surface area contributed by atoms with Crippen LogP contribution in [0.4, 0.5) is 0 Å². The molecule has 4 heteroatoms. The van der Waals surface area contributed by atoms with Crippen LogP contribution in [0.2, 0.25) is 0 Å². The van der Waals surface area contributed by atoms with E-state index in [2.05, 4.69) is 54.6 Å². The Balaban J connectivity index is 1.88. The van der Waals surface area contributed by atoms with Crippen molar-refractivity contribution in [2.45, 2.75) is 50.2 Å². The Morgan fingerprint density at radius 2 is 2.00 bits per heavy atom. The number of thioether (sulfide) groups is 1. The highest BCUT2D eigenvalue weighted by atomic mass is 32.2. The number of nitrogens with zero attached hydrogens (tertiary/aromatic N) is 1. The maximum Gasteiger partial charge on any atom is 0.238 e. The van der Waals surface area contributed by atoms with E-state index < -0.39 is 0 Å². The largest absolute Gasteiger partial charge is 0.318 e. The van der Waals surface area contributed by atoms with Gasteiger partial charge in [0.2, 0.25) is 5.91 Å². The first-order valence-corrected chi connectivity index (χ1v) is 8.94. The predicted molar refractivity (Wildman–Crippen MR) is 87.2 cm³/mol. The third kappa shape index (κ3) is 2.71. The van der Waals surface area contributed by atoms with Gasteiger partial charge in [-0.2, -0.15) is 0 Å². The lowest BCUT2D eigenvalue weighted by atomic mass is 9.86. The molecule has 3 nitrogen and oxygen atoms in total. The first kappa shape index (κ1) is 14.9. The van der Waals surface area contributed by atoms with E-state index in [1.54, 1.807) is 11.8 Å². The number of nitrogens with one attached hydrogen (secondary N) is 1. The molecule has 1 saturated carbocycles. The van der Waals surface area contributed by atoms with E-state index >= 15 is 0 Å². The van der Waals surface area contributed by atoms with Crippen LogP contribution in [0, 0.1) is 5.41 Å². The SMILES string of the molecule is CSc1ccc(C2NCC(=O)N2C2CCCC2(C)C)cc1. The summed E-state index contributed by atoms with van der Waals surface area (Å²) in [6.45, 7) is 5.05. The number of rotatable bonds is 3. The summed E-state index contributed by atoms with van der Waals surface area (Å²) in [4.78, 5) is 15.8. The van der Waals surface area contributed by atoms with Crippen LogP contribution in [0.25, 0.3) is 0 Å². The van der Waals surface area contributed by atoms with E-state index in [-0.39, 0.29) is 17.5 Å². The number of hydrogen-bond donors (Lipinski definition) is 1. The highest BCUT2D eigenvalue weighted by Crippen LogP contribution is 2.44. The molecule has 2 atom stereocenters. The van der Waals surface area contributed by atoms with Crippen LogP contribution in [0.1, 0.15) is 44.8 Å². The molecular weight excluding hydrogens is 280 g/mol. The maximum atomic E-state index is 12.4. The maximum absolute atomic E-state index is 12.4. The molecule has 2 fully saturated rings. The van der Waals surface area contributed by atoms with Gasteiger partial charge >= 0.3 is 0 Å². The minimum atomic E-state index is 0.0378. The summed E-state index contributed by atoms with van der Waals surface area (Å²) in [7, 11) is 0. The summed E-state index contributed by atoms with van der Waals surface area (Å²) >= 11 is 1.75. The summed E-state index contributed by atoms with van der Waals surface area (Å²) in [5, 5.41) is 3.39. The molecule has 114 valence electrons. The Morgan fingerprint density at radius 3 is 2.57 bits per heavy atom. The van der Waals surface area contributed by atoms with Crippen molar-refractivity contribution >= 4 is 17.7 Å². The van der Waals surface area contributed by atoms with Gasteiger partial charge in [-0.05, 0) is 42.2 Å². The lowest BCUT2D eigenvalue weighted by molar-refractivity contribution is -0.132. The Kier molecular flexibility index (Phi) is 4.02. The predicted octanol–water partition coefficient (Wildman–Crippen LogP) is 3.42. The van der Waals surface area contributed by atoms with Crippen molar-refractivity contribution in [1.82, 2.24) is 10.2 Å². The summed E-state index contributed by atoms with van der Waals surface area (Å²) in [5.74, 6) is 0.244. The lowest BCUT2D eigenvalue weighted by Gasteiger charge is -2.38. The lowest BCUT2D eigenvalue weighted by Crippen LogP contribution is -2.45. The van der Waals surface area contributed by atoms with Gasteiger partial charge in [0.1, 0.15) is 6.17 Å². The second kappa shape index (κ2) is 5.65. The average Bonchev–Trinajstić information content (AvgIpc) is 3.01. The van der Waals surface area contributed by atoms with Gasteiger partial charge in [0.05, 0.1) is 6.54 Å². The molecule has 1 aliphatic carbocycles. The molecule has 0 bridgehead atoms. The van der Waals surface area contributed by atoms with Gasteiger partial charge in [0, 0.05) is 10.9 Å². The number of amides is 1. The van der Waals surface area contributed by atoms with Gasteiger partial charge in [-0.15, -0.1) is 11.8 Å². The molecule has 0 radical (unpaired) electrons. The summed E-state index contributed by atoms with van der Waals surface area (Å²) < 4.78 is 0. The van der Waals surface area contributed by atoms with Gasteiger partial charge in [-0.25, -0.2) is 0 Å². The smallest absolute Gasteiger partial charge is 0.238 e. The van der Waals surface area contributed by atoms with E-state index in [1.807, 2.05) is 0 Å². The third-order valence-electron chi connectivity index (χ3n) is 4.98. The van der Waals surface area contributed by atoms with Crippen LogP contribution < -0.4 is 5.32 Å². The number of benzene rings is 1. The normalized spacial score (nSPS) is 28.3. The first-order chi connectivity index (χ1) is 10.0. The molecule has 2 aliphatic rings. The van der Waals surface area contributed by atoms with Crippen molar-refractivity contribution in [3.63, 3.8) is 0 Å². The topological polar surface area (TPSA) is 32.3 Å². The van der Waals surface area contributed by atoms with Crippen molar-refractivity contribution in [1.29, 1.82) is 0 Å². The van der Waals surface area contributed by atoms with Crippen LogP contribution in [-0.4, -0.2) is 29.6 Å². The third-order valence-corrected chi connectivity index (χ3v) is 5.72. The van der Waals surface area contributed by atoms with Gasteiger partial charge in [-0.3, -0.25) is 10.1 Å². The van der Waals surface area contributed by atoms with Crippen molar-refractivity contribution in [3.8, 4) is 0 Å². The minimum absolute atomic E-state index is 0.0378. The quantitative estimate of drug-likeness (QED) is 0.869. The van der Waals surface area contributed by atoms with Crippen molar-refractivity contribution in [3.05, 3.63) is 29.8 Å². The molecule has 21 heavy (non-hydrogen) atoms. The van der Waals surface area contributed by atoms with E-state index in [0.29, 0.717) is 12.6 Å². The van der Waals surface area contributed by atoms with Crippen LogP contribution in [0.15, 0.2) is 29.2 Å². The van der Waals surface area contributed by atoms with E-state index in [0.717, 1.165) is 6.42 Å². The molecule has 0 spiro atoms. The molecule has 3 rings (SSSR count). The van der Waals surface area contributed by atoms with Gasteiger partial charge in [-0.1, -0.05) is 32.4 Å². The molecule has 1 aromatic carbocycles. The van der Waals surface area contributed by atoms with Crippen molar-refractivity contribution in [2.75, 3.05) is 12.8 Å².